The Bertz CT molecular complexity index is 1150. The first-order valence-electron chi connectivity index (χ1n) is 9.19. The molecule has 0 saturated carbocycles. The second-order valence-electron chi connectivity index (χ2n) is 6.88. The molecule has 30 heavy (non-hydrogen) atoms. The zero-order valence-corrected chi connectivity index (χ0v) is 18.8. The molecule has 154 valence electrons. The Hall–Kier alpha value is -2.44. The molecule has 0 bridgehead atoms. The number of aromatic nitrogens is 1. The topological polar surface area (TPSA) is 56.4 Å². The van der Waals surface area contributed by atoms with Crippen LogP contribution in [0.2, 0.25) is 10.0 Å². The minimum atomic E-state index is -0.140. The highest BCUT2D eigenvalue weighted by molar-refractivity contribution is 7.81. The lowest BCUT2D eigenvalue weighted by molar-refractivity contribution is -0.576. The normalized spacial score (nSPS) is 11.8. The van der Waals surface area contributed by atoms with Crippen LogP contribution in [-0.2, 0) is 6.61 Å². The Balaban J connectivity index is 2.14. The molecule has 0 aliphatic heterocycles. The monoisotopic (exact) mass is 459 g/mol. The number of anilines is 1. The highest BCUT2D eigenvalue weighted by atomic mass is 35.5. The lowest BCUT2D eigenvalue weighted by Gasteiger charge is -2.13. The van der Waals surface area contributed by atoms with Crippen molar-refractivity contribution in [2.75, 3.05) is 5.32 Å². The first-order chi connectivity index (χ1) is 14.3. The summed E-state index contributed by atoms with van der Waals surface area (Å²) < 4.78 is 1.67. The molecule has 1 heterocycles. The molecule has 0 atom stereocenters. The average molecular weight is 460 g/mol. The molecule has 4 nitrogen and oxygen atoms in total. The molecule has 3 rings (SSSR count). The van der Waals surface area contributed by atoms with Gasteiger partial charge in [0.2, 0.25) is 0 Å². The third-order valence-corrected chi connectivity index (χ3v) is 5.61. The highest BCUT2D eigenvalue weighted by Gasteiger charge is 2.25. The molecule has 0 fully saturated rings. The van der Waals surface area contributed by atoms with Gasteiger partial charge in [-0.25, -0.2) is 0 Å². The second-order valence-corrected chi connectivity index (χ2v) is 8.10. The molecule has 3 N–H and O–H groups in total. The van der Waals surface area contributed by atoms with Crippen molar-refractivity contribution in [2.24, 2.45) is 0 Å². The van der Waals surface area contributed by atoms with Crippen molar-refractivity contribution >= 4 is 57.6 Å². The van der Waals surface area contributed by atoms with E-state index < -0.39 is 0 Å². The summed E-state index contributed by atoms with van der Waals surface area (Å²) in [6, 6.07) is 14.4. The van der Waals surface area contributed by atoms with Gasteiger partial charge in [0.15, 0.2) is 23.1 Å². The summed E-state index contributed by atoms with van der Waals surface area (Å²) in [6.07, 6.45) is 3.46. The first kappa shape index (κ1) is 22.2. The number of aryl methyl sites for hydroxylation is 2. The van der Waals surface area contributed by atoms with Crippen molar-refractivity contribution in [1.29, 1.82) is 0 Å². The van der Waals surface area contributed by atoms with Gasteiger partial charge in [0, 0.05) is 22.9 Å². The Morgan fingerprint density at radius 2 is 1.83 bits per heavy atom. The molecule has 7 heteroatoms. The lowest BCUT2D eigenvalue weighted by atomic mass is 10.1. The number of thiocarbonyl (C=S) groups is 1. The standard InChI is InChI=1S/C23H20Cl2N2O2S/c1-14-5-6-15(2)20(10-14)26-23(30)21(27-9-3-4-16(12-27)13-28)22(29)17-7-8-18(24)19(25)11-17/h3-12,28H,13H2,1-2H3,(H-,26,29,30)/p+1. The van der Waals surface area contributed by atoms with Gasteiger partial charge in [-0.3, -0.25) is 0 Å². The lowest BCUT2D eigenvalue weighted by Crippen LogP contribution is -2.39. The van der Waals surface area contributed by atoms with Gasteiger partial charge in [0.1, 0.15) is 0 Å². The van der Waals surface area contributed by atoms with E-state index in [4.69, 9.17) is 35.4 Å². The van der Waals surface area contributed by atoms with E-state index in [1.165, 1.54) is 0 Å². The van der Waals surface area contributed by atoms with Crippen LogP contribution in [0.5, 0.6) is 0 Å². The predicted molar refractivity (Wildman–Crippen MR) is 127 cm³/mol. The van der Waals surface area contributed by atoms with E-state index in [0.717, 1.165) is 16.8 Å². The zero-order valence-electron chi connectivity index (χ0n) is 16.5. The predicted octanol–water partition coefficient (Wildman–Crippen LogP) is 5.71. The van der Waals surface area contributed by atoms with E-state index in [0.29, 0.717) is 31.9 Å². The van der Waals surface area contributed by atoms with Crippen LogP contribution in [0.1, 0.15) is 22.3 Å². The maximum atomic E-state index is 11.2. The van der Waals surface area contributed by atoms with E-state index in [1.807, 2.05) is 32.0 Å². The Labute approximate surface area is 191 Å². The van der Waals surface area contributed by atoms with Gasteiger partial charge in [-0.15, -0.1) is 0 Å². The molecule has 0 aliphatic carbocycles. The summed E-state index contributed by atoms with van der Waals surface area (Å²) in [5.41, 5.74) is 4.43. The van der Waals surface area contributed by atoms with Gasteiger partial charge in [-0.1, -0.05) is 47.6 Å². The summed E-state index contributed by atoms with van der Waals surface area (Å²) in [5.74, 6) is -0.0727. The van der Waals surface area contributed by atoms with Crippen molar-refractivity contribution in [2.45, 2.75) is 20.5 Å². The first-order valence-corrected chi connectivity index (χ1v) is 10.3. The van der Waals surface area contributed by atoms with E-state index in [9.17, 15) is 10.2 Å². The van der Waals surface area contributed by atoms with Gasteiger partial charge in [0.05, 0.1) is 16.7 Å². The number of benzene rings is 2. The average Bonchev–Trinajstić information content (AvgIpc) is 2.73. The van der Waals surface area contributed by atoms with E-state index >= 15 is 0 Å². The maximum Gasteiger partial charge on any atom is 0.288 e. The third-order valence-electron chi connectivity index (χ3n) is 4.58. The number of pyridine rings is 1. The largest absolute Gasteiger partial charge is 0.502 e. The van der Waals surface area contributed by atoms with Gasteiger partial charge >= 0.3 is 0 Å². The van der Waals surface area contributed by atoms with Gasteiger partial charge in [-0.2, -0.15) is 4.57 Å². The van der Waals surface area contributed by atoms with Crippen LogP contribution in [0.25, 0.3) is 11.5 Å². The van der Waals surface area contributed by atoms with E-state index in [-0.39, 0.29) is 12.4 Å². The number of aliphatic hydroxyl groups is 2. The number of rotatable bonds is 5. The molecule has 3 aromatic rings. The van der Waals surface area contributed by atoms with Crippen LogP contribution >= 0.6 is 35.4 Å². The number of hydrogen-bond donors (Lipinski definition) is 3. The smallest absolute Gasteiger partial charge is 0.288 e. The van der Waals surface area contributed by atoms with E-state index in [1.54, 1.807) is 47.3 Å². The quantitative estimate of drug-likeness (QED) is 0.198. The van der Waals surface area contributed by atoms with Crippen LogP contribution in [0.4, 0.5) is 5.69 Å². The fourth-order valence-electron chi connectivity index (χ4n) is 2.94. The minimum Gasteiger partial charge on any atom is -0.502 e. The fourth-order valence-corrected chi connectivity index (χ4v) is 3.55. The summed E-state index contributed by atoms with van der Waals surface area (Å²) in [5, 5.41) is 24.6. The number of nitrogens with one attached hydrogen (secondary N) is 1. The van der Waals surface area contributed by atoms with Crippen molar-refractivity contribution in [3.05, 3.63) is 93.2 Å². The molecule has 0 spiro atoms. The molecule has 0 aliphatic rings. The number of nitrogens with zero attached hydrogens (tertiary/aromatic N) is 1. The van der Waals surface area contributed by atoms with Gasteiger partial charge in [-0.05, 0) is 55.3 Å². The molecule has 0 amide bonds. The number of halogens is 2. The van der Waals surface area contributed by atoms with Crippen molar-refractivity contribution in [3.8, 4) is 0 Å². The molecular formula is C23H21Cl2N2O2S+. The van der Waals surface area contributed by atoms with Crippen molar-refractivity contribution in [1.82, 2.24) is 0 Å². The molecule has 0 saturated heterocycles. The third kappa shape index (κ3) is 4.99. The SMILES string of the molecule is Cc1ccc(C)c(NC(=S)/C(=C(\O)c2ccc(Cl)c(Cl)c2)[n+]2cccc(CO)c2)c1. The Morgan fingerprint density at radius 3 is 2.53 bits per heavy atom. The molecule has 2 aromatic carbocycles. The molecule has 0 radical (unpaired) electrons. The summed E-state index contributed by atoms with van der Waals surface area (Å²) in [7, 11) is 0. The van der Waals surface area contributed by atoms with Crippen LogP contribution in [-0.4, -0.2) is 15.2 Å². The van der Waals surface area contributed by atoms with Crippen LogP contribution in [0, 0.1) is 13.8 Å². The Morgan fingerprint density at radius 1 is 1.07 bits per heavy atom. The van der Waals surface area contributed by atoms with E-state index in [2.05, 4.69) is 5.32 Å². The highest BCUT2D eigenvalue weighted by Crippen LogP contribution is 2.27. The zero-order chi connectivity index (χ0) is 21.8. The van der Waals surface area contributed by atoms with Gasteiger partial charge < -0.3 is 15.5 Å². The van der Waals surface area contributed by atoms with Crippen LogP contribution in [0.3, 0.4) is 0 Å². The van der Waals surface area contributed by atoms with Gasteiger partial charge in [0.25, 0.3) is 5.70 Å². The summed E-state index contributed by atoms with van der Waals surface area (Å²) in [4.78, 5) is 0.312. The van der Waals surface area contributed by atoms with Crippen LogP contribution in [0.15, 0.2) is 60.9 Å². The number of aliphatic hydroxyl groups excluding tert-OH is 2. The molecular weight excluding hydrogens is 439 g/mol. The summed E-state index contributed by atoms with van der Waals surface area (Å²) in [6.45, 7) is 3.84. The maximum absolute atomic E-state index is 11.2. The van der Waals surface area contributed by atoms with Crippen LogP contribution < -0.4 is 9.88 Å². The second kappa shape index (κ2) is 9.58. The number of hydrogen-bond acceptors (Lipinski definition) is 3. The Kier molecular flexibility index (Phi) is 7.10. The minimum absolute atomic E-state index is 0.0727. The molecule has 1 aromatic heterocycles. The molecule has 0 unspecified atom stereocenters. The van der Waals surface area contributed by atoms with Crippen molar-refractivity contribution in [3.63, 3.8) is 0 Å². The summed E-state index contributed by atoms with van der Waals surface area (Å²) >= 11 is 17.9. The van der Waals surface area contributed by atoms with Crippen molar-refractivity contribution < 1.29 is 14.8 Å². The fraction of sp³-hybridized carbons (Fsp3) is 0.130.